The largest absolute Gasteiger partial charge is 0.480 e. The molecule has 0 aliphatic carbocycles. The molecule has 1 aliphatic heterocycles. The van der Waals surface area contributed by atoms with Gasteiger partial charge >= 0.3 is 0 Å². The quantitative estimate of drug-likeness (QED) is 0.797. The van der Waals surface area contributed by atoms with Crippen LogP contribution in [0.25, 0.3) is 0 Å². The molecule has 1 fully saturated rings. The van der Waals surface area contributed by atoms with Crippen molar-refractivity contribution < 1.29 is 18.7 Å². The van der Waals surface area contributed by atoms with E-state index in [-0.39, 0.29) is 17.6 Å². The van der Waals surface area contributed by atoms with Crippen molar-refractivity contribution in [2.75, 3.05) is 13.1 Å². The number of likely N-dealkylation sites (tertiary alicyclic amines) is 1. The standard InChI is InChI=1S/C17H22BrFN2O3/c1-11(24-15-6-5-13(19)9-14(15)18)17(23)21-8-2-3-12(10-21)4-7-16(20)22/h5-6,9,11-12H,2-4,7-8,10H2,1H3,(H2,20,22). The van der Waals surface area contributed by atoms with Crippen LogP contribution in [0.4, 0.5) is 4.39 Å². The van der Waals surface area contributed by atoms with Gasteiger partial charge in [-0.25, -0.2) is 4.39 Å². The van der Waals surface area contributed by atoms with E-state index in [2.05, 4.69) is 15.9 Å². The minimum absolute atomic E-state index is 0.102. The summed E-state index contributed by atoms with van der Waals surface area (Å²) in [7, 11) is 0. The topological polar surface area (TPSA) is 72.6 Å². The van der Waals surface area contributed by atoms with Crippen molar-refractivity contribution in [2.45, 2.75) is 38.7 Å². The van der Waals surface area contributed by atoms with Gasteiger partial charge in [-0.1, -0.05) is 0 Å². The Morgan fingerprint density at radius 2 is 2.25 bits per heavy atom. The van der Waals surface area contributed by atoms with Crippen molar-refractivity contribution in [3.8, 4) is 5.75 Å². The van der Waals surface area contributed by atoms with E-state index < -0.39 is 6.10 Å². The molecule has 0 bridgehead atoms. The average Bonchev–Trinajstić information content (AvgIpc) is 2.55. The summed E-state index contributed by atoms with van der Waals surface area (Å²) in [6.07, 6.45) is 2.29. The zero-order valence-corrected chi connectivity index (χ0v) is 15.2. The molecule has 1 heterocycles. The summed E-state index contributed by atoms with van der Waals surface area (Å²) in [6.45, 7) is 2.99. The smallest absolute Gasteiger partial charge is 0.263 e. The molecule has 2 atom stereocenters. The van der Waals surface area contributed by atoms with Gasteiger partial charge in [0, 0.05) is 19.5 Å². The molecule has 2 rings (SSSR count). The van der Waals surface area contributed by atoms with Gasteiger partial charge in [-0.2, -0.15) is 0 Å². The zero-order valence-electron chi connectivity index (χ0n) is 13.6. The van der Waals surface area contributed by atoms with Crippen LogP contribution in [0, 0.1) is 11.7 Å². The third kappa shape index (κ3) is 5.19. The Morgan fingerprint density at radius 1 is 1.50 bits per heavy atom. The van der Waals surface area contributed by atoms with Gasteiger partial charge in [0.05, 0.1) is 4.47 Å². The number of hydrogen-bond acceptors (Lipinski definition) is 3. The van der Waals surface area contributed by atoms with E-state index in [1.165, 1.54) is 18.2 Å². The molecule has 1 aromatic carbocycles. The first-order chi connectivity index (χ1) is 11.4. The number of halogens is 2. The van der Waals surface area contributed by atoms with Crippen LogP contribution < -0.4 is 10.5 Å². The second-order valence-electron chi connectivity index (χ2n) is 6.13. The fraction of sp³-hybridized carbons (Fsp3) is 0.529. The maximum absolute atomic E-state index is 13.1. The van der Waals surface area contributed by atoms with E-state index in [1.807, 2.05) is 0 Å². The van der Waals surface area contributed by atoms with E-state index in [9.17, 15) is 14.0 Å². The molecular weight excluding hydrogens is 379 g/mol. The second kappa shape index (κ2) is 8.46. The molecule has 1 aromatic rings. The van der Waals surface area contributed by atoms with Crippen LogP contribution in [0.15, 0.2) is 22.7 Å². The summed E-state index contributed by atoms with van der Waals surface area (Å²) < 4.78 is 19.3. The molecule has 5 nitrogen and oxygen atoms in total. The lowest BCUT2D eigenvalue weighted by atomic mass is 9.93. The summed E-state index contributed by atoms with van der Waals surface area (Å²) in [5, 5.41) is 0. The van der Waals surface area contributed by atoms with Crippen molar-refractivity contribution in [1.82, 2.24) is 4.90 Å². The number of primary amides is 1. The highest BCUT2D eigenvalue weighted by molar-refractivity contribution is 9.10. The number of rotatable bonds is 6. The molecule has 2 N–H and O–H groups in total. The number of carbonyl (C=O) groups excluding carboxylic acids is 2. The summed E-state index contributed by atoms with van der Waals surface area (Å²) in [5.41, 5.74) is 5.19. The Morgan fingerprint density at radius 3 is 2.92 bits per heavy atom. The van der Waals surface area contributed by atoms with Gasteiger partial charge in [-0.3, -0.25) is 9.59 Å². The molecule has 132 valence electrons. The highest BCUT2D eigenvalue weighted by Gasteiger charge is 2.28. The third-order valence-corrected chi connectivity index (χ3v) is 4.79. The Kier molecular flexibility index (Phi) is 6.60. The lowest BCUT2D eigenvalue weighted by Crippen LogP contribution is -2.46. The minimum Gasteiger partial charge on any atom is -0.480 e. The zero-order chi connectivity index (χ0) is 17.7. The molecule has 1 saturated heterocycles. The lowest BCUT2D eigenvalue weighted by molar-refractivity contribution is -0.139. The molecule has 24 heavy (non-hydrogen) atoms. The van der Waals surface area contributed by atoms with E-state index in [1.54, 1.807) is 11.8 Å². The molecule has 0 radical (unpaired) electrons. The van der Waals surface area contributed by atoms with Crippen LogP contribution in [0.1, 0.15) is 32.6 Å². The molecule has 2 unspecified atom stereocenters. The van der Waals surface area contributed by atoms with E-state index in [4.69, 9.17) is 10.5 Å². The number of amides is 2. The Labute approximate surface area is 149 Å². The summed E-state index contributed by atoms with van der Waals surface area (Å²) in [6, 6.07) is 4.08. The van der Waals surface area contributed by atoms with E-state index in [0.29, 0.717) is 42.1 Å². The predicted molar refractivity (Wildman–Crippen MR) is 91.9 cm³/mol. The molecule has 2 amide bonds. The number of piperidine rings is 1. The van der Waals surface area contributed by atoms with Crippen LogP contribution in [0.3, 0.4) is 0 Å². The van der Waals surface area contributed by atoms with Gasteiger partial charge in [-0.15, -0.1) is 0 Å². The van der Waals surface area contributed by atoms with E-state index in [0.717, 1.165) is 12.8 Å². The van der Waals surface area contributed by atoms with Crippen LogP contribution in [0.5, 0.6) is 5.75 Å². The van der Waals surface area contributed by atoms with E-state index >= 15 is 0 Å². The van der Waals surface area contributed by atoms with Crippen molar-refractivity contribution in [3.63, 3.8) is 0 Å². The van der Waals surface area contributed by atoms with Crippen LogP contribution >= 0.6 is 15.9 Å². The van der Waals surface area contributed by atoms with Gasteiger partial charge in [0.15, 0.2) is 6.10 Å². The molecule has 0 saturated carbocycles. The fourth-order valence-electron chi connectivity index (χ4n) is 2.92. The summed E-state index contributed by atoms with van der Waals surface area (Å²) in [4.78, 5) is 25.3. The average molecular weight is 401 g/mol. The van der Waals surface area contributed by atoms with Gasteiger partial charge in [0.25, 0.3) is 5.91 Å². The minimum atomic E-state index is -0.665. The summed E-state index contributed by atoms with van der Waals surface area (Å²) >= 11 is 3.23. The third-order valence-electron chi connectivity index (χ3n) is 4.18. The monoisotopic (exact) mass is 400 g/mol. The van der Waals surface area contributed by atoms with Crippen LogP contribution in [-0.2, 0) is 9.59 Å². The maximum Gasteiger partial charge on any atom is 0.263 e. The predicted octanol–water partition coefficient (Wildman–Crippen LogP) is 2.86. The number of carbonyl (C=O) groups is 2. The molecular formula is C17H22BrFN2O3. The van der Waals surface area contributed by atoms with Gasteiger partial charge in [0.1, 0.15) is 11.6 Å². The van der Waals surface area contributed by atoms with Crippen molar-refractivity contribution >= 4 is 27.7 Å². The Hall–Kier alpha value is -1.63. The van der Waals surface area contributed by atoms with Gasteiger partial charge in [0.2, 0.25) is 5.91 Å². The van der Waals surface area contributed by atoms with Crippen molar-refractivity contribution in [3.05, 3.63) is 28.5 Å². The highest BCUT2D eigenvalue weighted by atomic mass is 79.9. The van der Waals surface area contributed by atoms with Gasteiger partial charge in [-0.05, 0) is 66.2 Å². The number of ether oxygens (including phenoxy) is 1. The first kappa shape index (κ1) is 18.7. The lowest BCUT2D eigenvalue weighted by Gasteiger charge is -2.34. The first-order valence-corrected chi connectivity index (χ1v) is 8.85. The Balaban J connectivity index is 1.93. The molecule has 7 heteroatoms. The van der Waals surface area contributed by atoms with Crippen molar-refractivity contribution in [1.29, 1.82) is 0 Å². The molecule has 0 spiro atoms. The normalized spacial score (nSPS) is 19.0. The first-order valence-electron chi connectivity index (χ1n) is 8.05. The maximum atomic E-state index is 13.1. The molecule has 0 aromatic heterocycles. The number of benzene rings is 1. The number of nitrogens with two attached hydrogens (primary N) is 1. The fourth-order valence-corrected chi connectivity index (χ4v) is 3.36. The second-order valence-corrected chi connectivity index (χ2v) is 6.99. The highest BCUT2D eigenvalue weighted by Crippen LogP contribution is 2.27. The van der Waals surface area contributed by atoms with Crippen LogP contribution in [-0.4, -0.2) is 35.9 Å². The Bertz CT molecular complexity index is 611. The summed E-state index contributed by atoms with van der Waals surface area (Å²) in [5.74, 6) is -0.0627. The SMILES string of the molecule is CC(Oc1ccc(F)cc1Br)C(=O)N1CCCC(CCC(N)=O)C1. The van der Waals surface area contributed by atoms with Crippen LogP contribution in [0.2, 0.25) is 0 Å². The number of nitrogens with zero attached hydrogens (tertiary/aromatic N) is 1. The number of hydrogen-bond donors (Lipinski definition) is 1. The van der Waals surface area contributed by atoms with Crippen molar-refractivity contribution in [2.24, 2.45) is 11.7 Å². The molecule has 1 aliphatic rings. The van der Waals surface area contributed by atoms with Gasteiger partial charge < -0.3 is 15.4 Å².